The summed E-state index contributed by atoms with van der Waals surface area (Å²) in [6.45, 7) is 1.39. The van der Waals surface area contributed by atoms with Gasteiger partial charge in [-0.25, -0.2) is 0 Å². The molecule has 1 atom stereocenters. The van der Waals surface area contributed by atoms with E-state index in [4.69, 9.17) is 11.6 Å². The second-order valence-corrected chi connectivity index (χ2v) is 8.30. The second-order valence-electron chi connectivity index (χ2n) is 7.99. The van der Waals surface area contributed by atoms with E-state index < -0.39 is 0 Å². The number of fused-ring (bicyclic) bond motifs is 3. The molecule has 30 heavy (non-hydrogen) atoms. The number of aromatic hydroxyl groups is 1. The smallest absolute Gasteiger partial charge is 0.251 e. The van der Waals surface area contributed by atoms with Crippen molar-refractivity contribution in [1.29, 1.82) is 0 Å². The predicted octanol–water partition coefficient (Wildman–Crippen LogP) is 4.99. The van der Waals surface area contributed by atoms with Crippen LogP contribution in [0, 0.1) is 0 Å². The number of rotatable bonds is 5. The fourth-order valence-corrected chi connectivity index (χ4v) is 4.37. The Kier molecular flexibility index (Phi) is 5.80. The molecule has 0 aliphatic carbocycles. The summed E-state index contributed by atoms with van der Waals surface area (Å²) in [5.74, 6) is 0.520. The molecule has 1 heterocycles. The molecule has 1 aliphatic rings. The van der Waals surface area contributed by atoms with Gasteiger partial charge in [0.05, 0.1) is 5.69 Å². The Labute approximate surface area is 182 Å². The average Bonchev–Trinajstić information content (AvgIpc) is 3.11. The number of anilines is 1. The third-order valence-corrected chi connectivity index (χ3v) is 5.87. The van der Waals surface area contributed by atoms with Gasteiger partial charge in [-0.05, 0) is 42.2 Å². The van der Waals surface area contributed by atoms with Crippen molar-refractivity contribution in [3.63, 3.8) is 0 Å². The molecule has 154 valence electrons. The zero-order valence-electron chi connectivity index (χ0n) is 17.2. The van der Waals surface area contributed by atoms with Crippen LogP contribution in [-0.4, -0.2) is 42.4 Å². The Hall–Kier alpha value is -2.82. The summed E-state index contributed by atoms with van der Waals surface area (Å²) in [5.41, 5.74) is 3.98. The average molecular weight is 421 g/mol. The lowest BCUT2D eigenvalue weighted by molar-refractivity contribution is -0.114. The van der Waals surface area contributed by atoms with Crippen LogP contribution in [0.1, 0.15) is 22.6 Å². The molecule has 0 aromatic heterocycles. The molecule has 5 heteroatoms. The third-order valence-electron chi connectivity index (χ3n) is 5.49. The lowest BCUT2D eigenvalue weighted by Gasteiger charge is -2.16. The van der Waals surface area contributed by atoms with Crippen LogP contribution in [0.3, 0.4) is 0 Å². The van der Waals surface area contributed by atoms with E-state index in [0.29, 0.717) is 12.4 Å². The van der Waals surface area contributed by atoms with Crippen molar-refractivity contribution in [2.24, 2.45) is 0 Å². The van der Waals surface area contributed by atoms with Crippen molar-refractivity contribution in [3.05, 3.63) is 77.4 Å². The summed E-state index contributed by atoms with van der Waals surface area (Å²) in [5, 5.41) is 12.2. The molecule has 0 fully saturated rings. The molecule has 0 saturated carbocycles. The topological polar surface area (TPSA) is 43.8 Å². The minimum absolute atomic E-state index is 0.0369. The van der Waals surface area contributed by atoms with Crippen LogP contribution in [0.2, 0.25) is 0 Å². The van der Waals surface area contributed by atoms with Crippen LogP contribution < -0.4 is 4.90 Å². The van der Waals surface area contributed by atoms with Gasteiger partial charge in [-0.1, -0.05) is 48.5 Å². The van der Waals surface area contributed by atoms with E-state index in [-0.39, 0.29) is 17.6 Å². The van der Waals surface area contributed by atoms with Crippen molar-refractivity contribution in [2.45, 2.75) is 12.5 Å². The largest absolute Gasteiger partial charge is 0.507 e. The summed E-state index contributed by atoms with van der Waals surface area (Å²) in [6, 6.07) is 17.6. The highest BCUT2D eigenvalue weighted by Gasteiger charge is 2.33. The molecule has 3 aromatic rings. The monoisotopic (exact) mass is 420 g/mol. The number of hydrogen-bond acceptors (Lipinski definition) is 3. The van der Waals surface area contributed by atoms with E-state index in [2.05, 4.69) is 17.0 Å². The molecule has 0 bridgehead atoms. The highest BCUT2D eigenvalue weighted by Crippen LogP contribution is 2.45. The lowest BCUT2D eigenvalue weighted by atomic mass is 9.95. The molecule has 4 rings (SSSR count). The van der Waals surface area contributed by atoms with Gasteiger partial charge >= 0.3 is 0 Å². The van der Waals surface area contributed by atoms with Gasteiger partial charge in [-0.15, -0.1) is 11.6 Å². The van der Waals surface area contributed by atoms with Crippen LogP contribution in [0.5, 0.6) is 5.75 Å². The summed E-state index contributed by atoms with van der Waals surface area (Å²) >= 11 is 6.25. The van der Waals surface area contributed by atoms with E-state index in [1.54, 1.807) is 17.0 Å². The zero-order chi connectivity index (χ0) is 21.3. The van der Waals surface area contributed by atoms with Gasteiger partial charge in [-0.3, -0.25) is 4.79 Å². The molecule has 4 nitrogen and oxygen atoms in total. The van der Waals surface area contributed by atoms with Crippen molar-refractivity contribution < 1.29 is 9.90 Å². The van der Waals surface area contributed by atoms with Gasteiger partial charge in [0.25, 0.3) is 5.91 Å². The predicted molar refractivity (Wildman–Crippen MR) is 124 cm³/mol. The van der Waals surface area contributed by atoms with Crippen LogP contribution in [0.15, 0.2) is 60.7 Å². The molecular weight excluding hydrogens is 396 g/mol. The third kappa shape index (κ3) is 3.93. The highest BCUT2D eigenvalue weighted by molar-refractivity contribution is 6.19. The Balaban J connectivity index is 1.61. The van der Waals surface area contributed by atoms with Gasteiger partial charge in [0.2, 0.25) is 0 Å². The van der Waals surface area contributed by atoms with E-state index in [1.807, 2.05) is 56.6 Å². The SMILES string of the molecule is CN(C)Cc1ccc(/C=C/C(=O)N2CC(CCl)c3c2cc(O)c2ccccc32)cc1. The number of nitrogens with zero attached hydrogens (tertiary/aromatic N) is 2. The molecule has 3 aromatic carbocycles. The molecule has 1 aliphatic heterocycles. The number of alkyl halides is 1. The van der Waals surface area contributed by atoms with E-state index in [9.17, 15) is 9.90 Å². The van der Waals surface area contributed by atoms with Gasteiger partial charge in [-0.2, -0.15) is 0 Å². The van der Waals surface area contributed by atoms with Crippen LogP contribution in [0.4, 0.5) is 5.69 Å². The fraction of sp³-hybridized carbons (Fsp3) is 0.240. The molecule has 0 spiro atoms. The summed E-state index contributed by atoms with van der Waals surface area (Å²) in [6.07, 6.45) is 3.42. The zero-order valence-corrected chi connectivity index (χ0v) is 17.9. The number of amides is 1. The minimum atomic E-state index is -0.115. The number of carbonyl (C=O) groups is 1. The normalized spacial score (nSPS) is 16.0. The van der Waals surface area contributed by atoms with Crippen LogP contribution >= 0.6 is 11.6 Å². The number of phenolic OH excluding ortho intramolecular Hbond substituents is 1. The maximum atomic E-state index is 13.0. The van der Waals surface area contributed by atoms with Crippen molar-refractivity contribution in [1.82, 2.24) is 4.90 Å². The Morgan fingerprint density at radius 3 is 2.53 bits per heavy atom. The maximum absolute atomic E-state index is 13.0. The van der Waals surface area contributed by atoms with E-state index in [0.717, 1.165) is 34.1 Å². The second kappa shape index (κ2) is 8.50. The molecule has 0 radical (unpaired) electrons. The first kappa shape index (κ1) is 20.5. The Morgan fingerprint density at radius 1 is 1.17 bits per heavy atom. The fourth-order valence-electron chi connectivity index (χ4n) is 4.12. The molecular formula is C25H25ClN2O2. The van der Waals surface area contributed by atoms with Gasteiger partial charge in [0.1, 0.15) is 5.75 Å². The molecule has 0 saturated heterocycles. The first-order valence-corrected chi connectivity index (χ1v) is 10.5. The van der Waals surface area contributed by atoms with E-state index in [1.165, 1.54) is 5.56 Å². The number of phenols is 1. The first-order chi connectivity index (χ1) is 14.5. The molecule has 1 N–H and O–H groups in total. The van der Waals surface area contributed by atoms with Crippen LogP contribution in [0.25, 0.3) is 16.8 Å². The summed E-state index contributed by atoms with van der Waals surface area (Å²) < 4.78 is 0. The van der Waals surface area contributed by atoms with Crippen molar-refractivity contribution in [2.75, 3.05) is 31.4 Å². The molecule has 1 unspecified atom stereocenters. The van der Waals surface area contributed by atoms with Gasteiger partial charge < -0.3 is 14.9 Å². The highest BCUT2D eigenvalue weighted by atomic mass is 35.5. The van der Waals surface area contributed by atoms with E-state index >= 15 is 0 Å². The van der Waals surface area contributed by atoms with Crippen molar-refractivity contribution in [3.8, 4) is 5.75 Å². The number of carbonyl (C=O) groups excluding carboxylic acids is 1. The summed E-state index contributed by atoms with van der Waals surface area (Å²) in [4.78, 5) is 16.8. The molecule has 1 amide bonds. The van der Waals surface area contributed by atoms with Gasteiger partial charge in [0, 0.05) is 42.4 Å². The number of hydrogen-bond donors (Lipinski definition) is 1. The maximum Gasteiger partial charge on any atom is 0.251 e. The first-order valence-electron chi connectivity index (χ1n) is 10.0. The summed E-state index contributed by atoms with van der Waals surface area (Å²) in [7, 11) is 4.07. The van der Waals surface area contributed by atoms with Crippen LogP contribution in [-0.2, 0) is 11.3 Å². The standard InChI is InChI=1S/C25H25ClN2O2/c1-27(2)15-18-9-7-17(8-10-18)11-12-24(30)28-16-19(14-26)25-21-6-4-3-5-20(21)23(29)13-22(25)28/h3-13,19,29H,14-16H2,1-2H3/b12-11+. The van der Waals surface area contributed by atoms with Crippen molar-refractivity contribution >= 4 is 40.0 Å². The quantitative estimate of drug-likeness (QED) is 0.467. The minimum Gasteiger partial charge on any atom is -0.507 e. The Morgan fingerprint density at radius 2 is 1.87 bits per heavy atom. The number of halogens is 1. The van der Waals surface area contributed by atoms with Gasteiger partial charge in [0.15, 0.2) is 0 Å². The Bertz CT molecular complexity index is 1110. The number of benzene rings is 3. The lowest BCUT2D eigenvalue weighted by Crippen LogP contribution is -2.28.